The molecule has 0 heterocycles. The highest BCUT2D eigenvalue weighted by atomic mass is 16.5. The van der Waals surface area contributed by atoms with E-state index in [9.17, 15) is 4.79 Å². The third-order valence-electron chi connectivity index (χ3n) is 2.60. The van der Waals surface area contributed by atoms with Gasteiger partial charge >= 0.3 is 5.97 Å². The molecule has 0 spiro atoms. The van der Waals surface area contributed by atoms with Crippen LogP contribution in [0.4, 0.5) is 0 Å². The highest BCUT2D eigenvalue weighted by Crippen LogP contribution is 2.12. The first-order chi connectivity index (χ1) is 10.2. The van der Waals surface area contributed by atoms with Gasteiger partial charge in [-0.05, 0) is 48.5 Å². The lowest BCUT2D eigenvalue weighted by Gasteiger charge is -2.00. The van der Waals surface area contributed by atoms with Gasteiger partial charge in [-0.1, -0.05) is 18.4 Å². The van der Waals surface area contributed by atoms with Crippen molar-refractivity contribution in [1.82, 2.24) is 0 Å². The molecule has 0 saturated heterocycles. The molecule has 0 radical (unpaired) electrons. The second-order valence-corrected chi connectivity index (χ2v) is 4.09. The van der Waals surface area contributed by atoms with E-state index in [1.807, 2.05) is 0 Å². The Balaban J connectivity index is 2.10. The Morgan fingerprint density at radius 1 is 0.952 bits per heavy atom. The van der Waals surface area contributed by atoms with E-state index in [-0.39, 0.29) is 0 Å². The molecule has 3 nitrogen and oxygen atoms in total. The molecule has 0 aliphatic heterocycles. The first-order valence-electron chi connectivity index (χ1n) is 6.18. The molecular weight excluding hydrogens is 262 g/mol. The van der Waals surface area contributed by atoms with Crippen LogP contribution in [0.1, 0.15) is 16.7 Å². The van der Waals surface area contributed by atoms with Crippen molar-refractivity contribution in [3.63, 3.8) is 0 Å². The van der Waals surface area contributed by atoms with Crippen molar-refractivity contribution in [1.29, 1.82) is 5.26 Å². The molecule has 2 aromatic carbocycles. The fourth-order valence-corrected chi connectivity index (χ4v) is 1.54. The van der Waals surface area contributed by atoms with E-state index in [1.165, 1.54) is 0 Å². The Labute approximate surface area is 123 Å². The molecule has 0 atom stereocenters. The average Bonchev–Trinajstić information content (AvgIpc) is 2.54. The highest BCUT2D eigenvalue weighted by Gasteiger charge is 1.98. The van der Waals surface area contributed by atoms with E-state index in [0.29, 0.717) is 11.3 Å². The van der Waals surface area contributed by atoms with Crippen LogP contribution in [0.15, 0.2) is 61.2 Å². The van der Waals surface area contributed by atoms with Gasteiger partial charge in [-0.25, -0.2) is 4.79 Å². The number of nitrogens with zero attached hydrogens (tertiary/aromatic N) is 1. The SMILES string of the molecule is C=CC(=O)Oc1ccc(C#Cc2ccc(C#N)cc2)cc1. The molecule has 0 unspecified atom stereocenters. The predicted molar refractivity (Wildman–Crippen MR) is 79.4 cm³/mol. The maximum absolute atomic E-state index is 11.0. The molecule has 0 N–H and O–H groups in total. The van der Waals surface area contributed by atoms with Gasteiger partial charge in [0.15, 0.2) is 0 Å². The number of carbonyl (C=O) groups excluding carboxylic acids is 1. The number of esters is 1. The maximum Gasteiger partial charge on any atom is 0.335 e. The summed E-state index contributed by atoms with van der Waals surface area (Å²) in [6, 6.07) is 16.0. The predicted octanol–water partition coefficient (Wildman–Crippen LogP) is 3.05. The van der Waals surface area contributed by atoms with Crippen LogP contribution < -0.4 is 4.74 Å². The van der Waals surface area contributed by atoms with Crippen molar-refractivity contribution in [2.45, 2.75) is 0 Å². The van der Waals surface area contributed by atoms with Crippen LogP contribution >= 0.6 is 0 Å². The fourth-order valence-electron chi connectivity index (χ4n) is 1.54. The molecule has 0 aliphatic rings. The minimum Gasteiger partial charge on any atom is -0.423 e. The minimum atomic E-state index is -0.494. The fraction of sp³-hybridized carbons (Fsp3) is 0. The first kappa shape index (κ1) is 14.1. The van der Waals surface area contributed by atoms with Gasteiger partial charge in [0.1, 0.15) is 5.75 Å². The van der Waals surface area contributed by atoms with Crippen molar-refractivity contribution in [3.05, 3.63) is 77.9 Å². The number of rotatable bonds is 2. The van der Waals surface area contributed by atoms with Gasteiger partial charge < -0.3 is 4.74 Å². The van der Waals surface area contributed by atoms with Gasteiger partial charge in [0.05, 0.1) is 11.6 Å². The Morgan fingerprint density at radius 3 is 1.90 bits per heavy atom. The second kappa shape index (κ2) is 6.75. The lowest BCUT2D eigenvalue weighted by atomic mass is 10.1. The molecule has 2 aromatic rings. The highest BCUT2D eigenvalue weighted by molar-refractivity contribution is 5.83. The zero-order valence-electron chi connectivity index (χ0n) is 11.2. The van der Waals surface area contributed by atoms with Crippen LogP contribution in [0.5, 0.6) is 5.75 Å². The summed E-state index contributed by atoms with van der Waals surface area (Å²) in [6.45, 7) is 3.33. The van der Waals surface area contributed by atoms with E-state index in [4.69, 9.17) is 10.00 Å². The Kier molecular flexibility index (Phi) is 4.54. The Morgan fingerprint density at radius 2 is 1.43 bits per heavy atom. The van der Waals surface area contributed by atoms with Crippen LogP contribution in [0.3, 0.4) is 0 Å². The third-order valence-corrected chi connectivity index (χ3v) is 2.60. The smallest absolute Gasteiger partial charge is 0.335 e. The minimum absolute atomic E-state index is 0.448. The summed E-state index contributed by atoms with van der Waals surface area (Å²) < 4.78 is 4.97. The quantitative estimate of drug-likeness (QED) is 0.366. The summed E-state index contributed by atoms with van der Waals surface area (Å²) in [7, 11) is 0. The zero-order valence-corrected chi connectivity index (χ0v) is 11.2. The lowest BCUT2D eigenvalue weighted by molar-refractivity contribution is -0.128. The van der Waals surface area contributed by atoms with Gasteiger partial charge in [0, 0.05) is 17.2 Å². The van der Waals surface area contributed by atoms with Crippen molar-refractivity contribution in [2.75, 3.05) is 0 Å². The Hall–Kier alpha value is -3.30. The Bertz CT molecular complexity index is 754. The molecule has 0 bridgehead atoms. The van der Waals surface area contributed by atoms with Crippen LogP contribution in [0.2, 0.25) is 0 Å². The molecule has 21 heavy (non-hydrogen) atoms. The molecule has 0 amide bonds. The standard InChI is InChI=1S/C18H11NO2/c1-2-18(20)21-17-11-9-15(10-12-17)4-3-14-5-7-16(13-19)8-6-14/h2,5-12H,1H2. The molecule has 0 aromatic heterocycles. The van der Waals surface area contributed by atoms with Gasteiger partial charge in [-0.3, -0.25) is 0 Å². The van der Waals surface area contributed by atoms with Gasteiger partial charge in [-0.15, -0.1) is 0 Å². The zero-order chi connectivity index (χ0) is 15.1. The van der Waals surface area contributed by atoms with Gasteiger partial charge in [0.2, 0.25) is 0 Å². The summed E-state index contributed by atoms with van der Waals surface area (Å²) in [5.41, 5.74) is 2.24. The molecule has 2 rings (SSSR count). The summed E-state index contributed by atoms with van der Waals surface area (Å²) in [6.07, 6.45) is 1.11. The van der Waals surface area contributed by atoms with Gasteiger partial charge in [0.25, 0.3) is 0 Å². The van der Waals surface area contributed by atoms with E-state index in [0.717, 1.165) is 17.2 Å². The summed E-state index contributed by atoms with van der Waals surface area (Å²) in [4.78, 5) is 11.0. The third kappa shape index (κ3) is 4.09. The average molecular weight is 273 g/mol. The monoisotopic (exact) mass is 273 g/mol. The first-order valence-corrected chi connectivity index (χ1v) is 6.18. The van der Waals surface area contributed by atoms with E-state index in [2.05, 4.69) is 24.5 Å². The molecule has 0 aliphatic carbocycles. The molecule has 0 saturated carbocycles. The number of hydrogen-bond donors (Lipinski definition) is 0. The summed E-state index contributed by atoms with van der Waals surface area (Å²) in [5.74, 6) is 5.95. The largest absolute Gasteiger partial charge is 0.423 e. The summed E-state index contributed by atoms with van der Waals surface area (Å²) in [5, 5.41) is 8.71. The van der Waals surface area contributed by atoms with Crippen molar-refractivity contribution < 1.29 is 9.53 Å². The van der Waals surface area contributed by atoms with Crippen LogP contribution in [0.25, 0.3) is 0 Å². The van der Waals surface area contributed by atoms with Crippen molar-refractivity contribution >= 4 is 5.97 Å². The van der Waals surface area contributed by atoms with Crippen molar-refractivity contribution in [2.24, 2.45) is 0 Å². The number of hydrogen-bond acceptors (Lipinski definition) is 3. The number of carbonyl (C=O) groups is 1. The maximum atomic E-state index is 11.0. The number of nitriles is 1. The lowest BCUT2D eigenvalue weighted by Crippen LogP contribution is -2.02. The van der Waals surface area contributed by atoms with Gasteiger partial charge in [-0.2, -0.15) is 5.26 Å². The molecular formula is C18H11NO2. The molecule has 3 heteroatoms. The normalized spacial score (nSPS) is 8.90. The van der Waals surface area contributed by atoms with Crippen LogP contribution in [0, 0.1) is 23.2 Å². The van der Waals surface area contributed by atoms with E-state index >= 15 is 0 Å². The summed E-state index contributed by atoms with van der Waals surface area (Å²) >= 11 is 0. The number of benzene rings is 2. The van der Waals surface area contributed by atoms with Crippen molar-refractivity contribution in [3.8, 4) is 23.7 Å². The van der Waals surface area contributed by atoms with E-state index < -0.39 is 5.97 Å². The van der Waals surface area contributed by atoms with E-state index in [1.54, 1.807) is 48.5 Å². The van der Waals surface area contributed by atoms with Crippen LogP contribution in [-0.2, 0) is 4.79 Å². The topological polar surface area (TPSA) is 50.1 Å². The molecule has 100 valence electrons. The number of ether oxygens (including phenoxy) is 1. The second-order valence-electron chi connectivity index (χ2n) is 4.09. The van der Waals surface area contributed by atoms with Crippen LogP contribution in [-0.4, -0.2) is 5.97 Å². The molecule has 0 fully saturated rings.